The molecule has 1 aromatic heterocycles. The summed E-state index contributed by atoms with van der Waals surface area (Å²) >= 11 is 0. The van der Waals surface area contributed by atoms with Crippen LogP contribution in [0.2, 0.25) is 0 Å². The van der Waals surface area contributed by atoms with E-state index in [4.69, 9.17) is 4.74 Å². The summed E-state index contributed by atoms with van der Waals surface area (Å²) in [4.78, 5) is 8.71. The molecule has 2 N–H and O–H groups in total. The Balaban J connectivity index is 2.11. The minimum atomic E-state index is 0.439. The van der Waals surface area contributed by atoms with Crippen molar-refractivity contribution < 1.29 is 4.74 Å². The molecule has 0 saturated heterocycles. The second-order valence-electron chi connectivity index (χ2n) is 4.01. The van der Waals surface area contributed by atoms with E-state index in [1.165, 1.54) is 19.3 Å². The largest absolute Gasteiger partial charge is 0.377 e. The normalized spacial score (nSPS) is 15.6. The number of hydrogen-bond donors (Lipinski definition) is 2. The molecular formula is C11H18N4O. The van der Waals surface area contributed by atoms with E-state index >= 15 is 0 Å². The van der Waals surface area contributed by atoms with E-state index in [0.29, 0.717) is 18.5 Å². The first-order valence-corrected chi connectivity index (χ1v) is 5.63. The number of nitrogens with zero attached hydrogens (tertiary/aromatic N) is 2. The summed E-state index contributed by atoms with van der Waals surface area (Å²) in [6.07, 6.45) is 3.78. The van der Waals surface area contributed by atoms with Crippen molar-refractivity contribution in [3.05, 3.63) is 11.9 Å². The van der Waals surface area contributed by atoms with Gasteiger partial charge in [-0.3, -0.25) is 0 Å². The summed E-state index contributed by atoms with van der Waals surface area (Å²) in [5, 5.41) is 6.43. The van der Waals surface area contributed by atoms with Crippen LogP contribution >= 0.6 is 0 Å². The zero-order valence-electron chi connectivity index (χ0n) is 9.79. The number of methoxy groups -OCH3 is 1. The predicted molar refractivity (Wildman–Crippen MR) is 63.6 cm³/mol. The number of aromatic nitrogens is 2. The van der Waals surface area contributed by atoms with Gasteiger partial charge in [0.2, 0.25) is 0 Å². The Morgan fingerprint density at radius 3 is 2.69 bits per heavy atom. The van der Waals surface area contributed by atoms with E-state index in [2.05, 4.69) is 20.6 Å². The number of anilines is 2. The molecule has 5 heteroatoms. The lowest BCUT2D eigenvalue weighted by Gasteiger charge is -2.27. The molecule has 0 spiro atoms. The first kappa shape index (κ1) is 11.1. The Bertz CT molecular complexity index is 352. The molecule has 88 valence electrons. The Morgan fingerprint density at radius 2 is 2.12 bits per heavy atom. The van der Waals surface area contributed by atoms with Gasteiger partial charge < -0.3 is 15.4 Å². The lowest BCUT2D eigenvalue weighted by molar-refractivity contribution is 0.178. The van der Waals surface area contributed by atoms with Gasteiger partial charge in [0.1, 0.15) is 18.2 Å². The molecule has 1 fully saturated rings. The van der Waals surface area contributed by atoms with E-state index in [0.717, 1.165) is 11.6 Å². The number of rotatable bonds is 5. The summed E-state index contributed by atoms with van der Waals surface area (Å²) in [5.41, 5.74) is 0. The molecule has 0 radical (unpaired) electrons. The maximum Gasteiger partial charge on any atom is 0.158 e. The van der Waals surface area contributed by atoms with Crippen LogP contribution < -0.4 is 10.6 Å². The lowest BCUT2D eigenvalue weighted by Crippen LogP contribution is -2.27. The van der Waals surface area contributed by atoms with Crippen molar-refractivity contribution >= 4 is 11.6 Å². The van der Waals surface area contributed by atoms with E-state index < -0.39 is 0 Å². The third-order valence-electron chi connectivity index (χ3n) is 2.76. The van der Waals surface area contributed by atoms with Crippen LogP contribution in [-0.2, 0) is 11.3 Å². The van der Waals surface area contributed by atoms with Gasteiger partial charge in [0.25, 0.3) is 0 Å². The van der Waals surface area contributed by atoms with Crippen LogP contribution in [0.3, 0.4) is 0 Å². The van der Waals surface area contributed by atoms with Gasteiger partial charge in [0.05, 0.1) is 0 Å². The number of nitrogens with one attached hydrogen (secondary N) is 2. The molecule has 0 atom stereocenters. The first-order chi connectivity index (χ1) is 7.81. The van der Waals surface area contributed by atoms with Crippen LogP contribution in [0.25, 0.3) is 0 Å². The summed E-state index contributed by atoms with van der Waals surface area (Å²) in [6.45, 7) is 0.439. The van der Waals surface area contributed by atoms with Gasteiger partial charge in [0.15, 0.2) is 5.82 Å². The Kier molecular flexibility index (Phi) is 3.56. The summed E-state index contributed by atoms with van der Waals surface area (Å²) in [7, 11) is 3.50. The van der Waals surface area contributed by atoms with E-state index in [1.54, 1.807) is 7.11 Å². The molecular weight excluding hydrogens is 204 g/mol. The fourth-order valence-electron chi connectivity index (χ4n) is 1.65. The SMILES string of the molecule is CNc1cc(NC2CCC2)nc(COC)n1. The molecule has 0 aliphatic heterocycles. The third-order valence-corrected chi connectivity index (χ3v) is 2.76. The second-order valence-corrected chi connectivity index (χ2v) is 4.01. The quantitative estimate of drug-likeness (QED) is 0.793. The molecule has 1 saturated carbocycles. The van der Waals surface area contributed by atoms with Gasteiger partial charge in [-0.25, -0.2) is 9.97 Å². The van der Waals surface area contributed by atoms with Gasteiger partial charge in [-0.1, -0.05) is 0 Å². The zero-order valence-corrected chi connectivity index (χ0v) is 9.79. The Labute approximate surface area is 95.6 Å². The highest BCUT2D eigenvalue weighted by atomic mass is 16.5. The summed E-state index contributed by atoms with van der Waals surface area (Å²) < 4.78 is 5.05. The van der Waals surface area contributed by atoms with E-state index in [-0.39, 0.29) is 0 Å². The van der Waals surface area contributed by atoms with Crippen molar-refractivity contribution in [3.63, 3.8) is 0 Å². The average Bonchev–Trinajstić information content (AvgIpc) is 2.24. The van der Waals surface area contributed by atoms with Crippen LogP contribution in [-0.4, -0.2) is 30.2 Å². The van der Waals surface area contributed by atoms with Crippen molar-refractivity contribution in [2.75, 3.05) is 24.8 Å². The van der Waals surface area contributed by atoms with Crippen LogP contribution in [0.15, 0.2) is 6.07 Å². The zero-order chi connectivity index (χ0) is 11.4. The van der Waals surface area contributed by atoms with Crippen molar-refractivity contribution in [1.29, 1.82) is 0 Å². The first-order valence-electron chi connectivity index (χ1n) is 5.63. The van der Waals surface area contributed by atoms with E-state index in [1.807, 2.05) is 13.1 Å². The highest BCUT2D eigenvalue weighted by molar-refractivity contribution is 5.47. The van der Waals surface area contributed by atoms with Crippen molar-refractivity contribution in [1.82, 2.24) is 9.97 Å². The third kappa shape index (κ3) is 2.61. The highest BCUT2D eigenvalue weighted by Crippen LogP contribution is 2.23. The fraction of sp³-hybridized carbons (Fsp3) is 0.636. The van der Waals surface area contributed by atoms with Crippen LogP contribution in [0.4, 0.5) is 11.6 Å². The second kappa shape index (κ2) is 5.12. The Morgan fingerprint density at radius 1 is 1.38 bits per heavy atom. The summed E-state index contributed by atoms with van der Waals surface area (Å²) in [6, 6.07) is 2.51. The van der Waals surface area contributed by atoms with Crippen LogP contribution in [0.1, 0.15) is 25.1 Å². The van der Waals surface area contributed by atoms with Crippen molar-refractivity contribution in [2.24, 2.45) is 0 Å². The molecule has 0 unspecified atom stereocenters. The average molecular weight is 222 g/mol. The van der Waals surface area contributed by atoms with Crippen molar-refractivity contribution in [2.45, 2.75) is 31.9 Å². The maximum absolute atomic E-state index is 5.05. The molecule has 1 heterocycles. The highest BCUT2D eigenvalue weighted by Gasteiger charge is 2.17. The number of ether oxygens (including phenoxy) is 1. The molecule has 0 bridgehead atoms. The molecule has 2 rings (SSSR count). The molecule has 16 heavy (non-hydrogen) atoms. The lowest BCUT2D eigenvalue weighted by atomic mass is 9.93. The van der Waals surface area contributed by atoms with Crippen LogP contribution in [0.5, 0.6) is 0 Å². The molecule has 1 aliphatic rings. The van der Waals surface area contributed by atoms with Gasteiger partial charge in [-0.05, 0) is 19.3 Å². The van der Waals surface area contributed by atoms with Gasteiger partial charge in [0, 0.05) is 26.3 Å². The predicted octanol–water partition coefficient (Wildman–Crippen LogP) is 1.63. The molecule has 0 amide bonds. The number of hydrogen-bond acceptors (Lipinski definition) is 5. The van der Waals surface area contributed by atoms with E-state index in [9.17, 15) is 0 Å². The van der Waals surface area contributed by atoms with Gasteiger partial charge >= 0.3 is 0 Å². The van der Waals surface area contributed by atoms with Gasteiger partial charge in [-0.2, -0.15) is 0 Å². The monoisotopic (exact) mass is 222 g/mol. The fourth-order valence-corrected chi connectivity index (χ4v) is 1.65. The van der Waals surface area contributed by atoms with Gasteiger partial charge in [-0.15, -0.1) is 0 Å². The van der Waals surface area contributed by atoms with Crippen LogP contribution in [0, 0.1) is 0 Å². The van der Waals surface area contributed by atoms with Crippen molar-refractivity contribution in [3.8, 4) is 0 Å². The smallest absolute Gasteiger partial charge is 0.158 e. The molecule has 1 aromatic rings. The standard InChI is InChI=1S/C11H18N4O/c1-12-9-6-10(13-8-4-3-5-8)15-11(14-9)7-16-2/h6,8H,3-5,7H2,1-2H3,(H2,12,13,14,15). The molecule has 0 aromatic carbocycles. The minimum absolute atomic E-state index is 0.439. The summed E-state index contributed by atoms with van der Waals surface area (Å²) in [5.74, 6) is 2.41. The maximum atomic E-state index is 5.05. The molecule has 1 aliphatic carbocycles. The topological polar surface area (TPSA) is 59.1 Å². The minimum Gasteiger partial charge on any atom is -0.377 e. The Hall–Kier alpha value is -1.36. The molecule has 5 nitrogen and oxygen atoms in total.